The number of carbonyl (C=O) groups excluding carboxylic acids is 1. The first kappa shape index (κ1) is 17.8. The molecule has 0 spiro atoms. The fourth-order valence-electron chi connectivity index (χ4n) is 3.13. The number of nitrogens with one attached hydrogen (secondary N) is 1. The molecule has 1 aliphatic rings. The smallest absolute Gasteiger partial charge is 0.257 e. The number of benzene rings is 2. The molecule has 0 radical (unpaired) electrons. The molecular weight excluding hydrogens is 382 g/mol. The number of hydrogen-bond donors (Lipinski definition) is 1. The highest BCUT2D eigenvalue weighted by molar-refractivity contribution is 9.10. The molecule has 2 aromatic rings. The topological polar surface area (TPSA) is 47.6 Å². The standard InChI is InChI=1S/C20H22BrNO3/c1-24-17-6-8-18(9-7-17)25-13-19(23)22-14-20(10-3-11-20)15-4-2-5-16(21)12-15/h2,4-9,12H,3,10-11,13-14H2,1H3,(H,22,23). The third kappa shape index (κ3) is 4.34. The maximum Gasteiger partial charge on any atom is 0.257 e. The van der Waals surface area contributed by atoms with Gasteiger partial charge in [-0.15, -0.1) is 0 Å². The summed E-state index contributed by atoms with van der Waals surface area (Å²) in [6, 6.07) is 15.6. The van der Waals surface area contributed by atoms with Gasteiger partial charge in [-0.05, 0) is 54.8 Å². The van der Waals surface area contributed by atoms with Gasteiger partial charge in [0.15, 0.2) is 6.61 Å². The molecule has 0 aliphatic heterocycles. The van der Waals surface area contributed by atoms with E-state index in [1.165, 1.54) is 12.0 Å². The molecule has 25 heavy (non-hydrogen) atoms. The Bertz CT molecular complexity index is 726. The molecule has 0 bridgehead atoms. The molecule has 1 aliphatic carbocycles. The molecule has 132 valence electrons. The average Bonchev–Trinajstić information content (AvgIpc) is 2.59. The highest BCUT2D eigenvalue weighted by Crippen LogP contribution is 2.43. The highest BCUT2D eigenvalue weighted by Gasteiger charge is 2.38. The summed E-state index contributed by atoms with van der Waals surface area (Å²) in [6.45, 7) is 0.662. The Morgan fingerprint density at radius 1 is 1.16 bits per heavy atom. The van der Waals surface area contributed by atoms with E-state index in [-0.39, 0.29) is 17.9 Å². The van der Waals surface area contributed by atoms with Gasteiger partial charge in [-0.3, -0.25) is 4.79 Å². The van der Waals surface area contributed by atoms with Gasteiger partial charge in [-0.2, -0.15) is 0 Å². The number of ether oxygens (including phenoxy) is 2. The quantitative estimate of drug-likeness (QED) is 0.757. The van der Waals surface area contributed by atoms with Crippen LogP contribution in [-0.2, 0) is 10.2 Å². The summed E-state index contributed by atoms with van der Waals surface area (Å²) in [7, 11) is 1.62. The van der Waals surface area contributed by atoms with Gasteiger partial charge in [0, 0.05) is 16.4 Å². The monoisotopic (exact) mass is 403 g/mol. The van der Waals surface area contributed by atoms with Crippen LogP contribution in [0.2, 0.25) is 0 Å². The number of methoxy groups -OCH3 is 1. The zero-order chi connectivity index (χ0) is 17.7. The summed E-state index contributed by atoms with van der Waals surface area (Å²) in [5, 5.41) is 3.03. The van der Waals surface area contributed by atoms with E-state index in [1.807, 2.05) is 24.3 Å². The van der Waals surface area contributed by atoms with E-state index in [0.717, 1.165) is 23.1 Å². The summed E-state index contributed by atoms with van der Waals surface area (Å²) < 4.78 is 11.7. The lowest BCUT2D eigenvalue weighted by Crippen LogP contribution is -2.46. The predicted octanol–water partition coefficient (Wildman–Crippen LogP) is 4.07. The van der Waals surface area contributed by atoms with E-state index >= 15 is 0 Å². The third-order valence-electron chi connectivity index (χ3n) is 4.80. The van der Waals surface area contributed by atoms with Crippen LogP contribution in [0.4, 0.5) is 0 Å². The number of carbonyl (C=O) groups is 1. The Kier molecular flexibility index (Phi) is 5.63. The van der Waals surface area contributed by atoms with E-state index < -0.39 is 0 Å². The predicted molar refractivity (Wildman–Crippen MR) is 101 cm³/mol. The SMILES string of the molecule is COc1ccc(OCC(=O)NCC2(c3cccc(Br)c3)CCC2)cc1. The van der Waals surface area contributed by atoms with Gasteiger partial charge < -0.3 is 14.8 Å². The van der Waals surface area contributed by atoms with Crippen LogP contribution >= 0.6 is 15.9 Å². The summed E-state index contributed by atoms with van der Waals surface area (Å²) in [5.41, 5.74) is 1.34. The summed E-state index contributed by atoms with van der Waals surface area (Å²) in [6.07, 6.45) is 3.40. The molecule has 0 atom stereocenters. The van der Waals surface area contributed by atoms with Crippen molar-refractivity contribution in [3.05, 3.63) is 58.6 Å². The zero-order valence-electron chi connectivity index (χ0n) is 14.3. The Morgan fingerprint density at radius 3 is 2.48 bits per heavy atom. The maximum absolute atomic E-state index is 12.2. The molecule has 5 heteroatoms. The number of halogens is 1. The minimum atomic E-state index is -0.0999. The lowest BCUT2D eigenvalue weighted by atomic mass is 9.64. The molecule has 1 amide bonds. The maximum atomic E-state index is 12.2. The molecule has 4 nitrogen and oxygen atoms in total. The van der Waals surface area contributed by atoms with Crippen molar-refractivity contribution >= 4 is 21.8 Å². The number of amides is 1. The second kappa shape index (κ2) is 7.91. The van der Waals surface area contributed by atoms with Crippen LogP contribution < -0.4 is 14.8 Å². The van der Waals surface area contributed by atoms with Crippen LogP contribution in [0.15, 0.2) is 53.0 Å². The second-order valence-corrected chi connectivity index (χ2v) is 7.30. The van der Waals surface area contributed by atoms with Crippen molar-refractivity contribution in [3.63, 3.8) is 0 Å². The molecule has 0 unspecified atom stereocenters. The fraction of sp³-hybridized carbons (Fsp3) is 0.350. The van der Waals surface area contributed by atoms with Crippen molar-refractivity contribution < 1.29 is 14.3 Å². The van der Waals surface area contributed by atoms with Crippen molar-refractivity contribution in [1.29, 1.82) is 0 Å². The van der Waals surface area contributed by atoms with Gasteiger partial charge in [-0.25, -0.2) is 0 Å². The van der Waals surface area contributed by atoms with E-state index in [9.17, 15) is 4.79 Å². The lowest BCUT2D eigenvalue weighted by Gasteiger charge is -2.42. The fourth-order valence-corrected chi connectivity index (χ4v) is 3.53. The Morgan fingerprint density at radius 2 is 1.88 bits per heavy atom. The van der Waals surface area contributed by atoms with Crippen molar-refractivity contribution in [1.82, 2.24) is 5.32 Å². The lowest BCUT2D eigenvalue weighted by molar-refractivity contribution is -0.123. The van der Waals surface area contributed by atoms with Gasteiger partial charge in [0.05, 0.1) is 7.11 Å². The molecule has 1 saturated carbocycles. The second-order valence-electron chi connectivity index (χ2n) is 6.39. The van der Waals surface area contributed by atoms with Crippen molar-refractivity contribution in [2.24, 2.45) is 0 Å². The van der Waals surface area contributed by atoms with Crippen LogP contribution in [0.25, 0.3) is 0 Å². The first-order valence-electron chi connectivity index (χ1n) is 8.41. The first-order valence-corrected chi connectivity index (χ1v) is 9.20. The van der Waals surface area contributed by atoms with Crippen LogP contribution in [-0.4, -0.2) is 26.2 Å². The Labute approximate surface area is 156 Å². The largest absolute Gasteiger partial charge is 0.497 e. The van der Waals surface area contributed by atoms with E-state index in [4.69, 9.17) is 9.47 Å². The normalized spacial score (nSPS) is 15.1. The van der Waals surface area contributed by atoms with Gasteiger partial charge in [0.2, 0.25) is 0 Å². The van der Waals surface area contributed by atoms with Gasteiger partial charge in [0.1, 0.15) is 11.5 Å². The molecule has 1 fully saturated rings. The summed E-state index contributed by atoms with van der Waals surface area (Å²) >= 11 is 3.53. The minimum absolute atomic E-state index is 0.0148. The molecule has 0 saturated heterocycles. The third-order valence-corrected chi connectivity index (χ3v) is 5.29. The van der Waals surface area contributed by atoms with Crippen LogP contribution in [0, 0.1) is 0 Å². The van der Waals surface area contributed by atoms with E-state index in [2.05, 4.69) is 33.4 Å². The zero-order valence-corrected chi connectivity index (χ0v) is 15.8. The Hall–Kier alpha value is -2.01. The Balaban J connectivity index is 1.52. The first-order chi connectivity index (χ1) is 12.1. The number of rotatable bonds is 7. The van der Waals surface area contributed by atoms with E-state index in [1.54, 1.807) is 19.2 Å². The van der Waals surface area contributed by atoms with Gasteiger partial charge >= 0.3 is 0 Å². The number of hydrogen-bond acceptors (Lipinski definition) is 3. The highest BCUT2D eigenvalue weighted by atomic mass is 79.9. The van der Waals surface area contributed by atoms with Crippen molar-refractivity contribution in [2.75, 3.05) is 20.3 Å². The molecule has 0 heterocycles. The van der Waals surface area contributed by atoms with Crippen LogP contribution in [0.5, 0.6) is 11.5 Å². The van der Waals surface area contributed by atoms with E-state index in [0.29, 0.717) is 12.3 Å². The minimum Gasteiger partial charge on any atom is -0.497 e. The average molecular weight is 404 g/mol. The summed E-state index contributed by atoms with van der Waals surface area (Å²) in [4.78, 5) is 12.2. The molecular formula is C20H22BrNO3. The van der Waals surface area contributed by atoms with Crippen molar-refractivity contribution in [2.45, 2.75) is 24.7 Å². The molecule has 2 aromatic carbocycles. The van der Waals surface area contributed by atoms with Crippen molar-refractivity contribution in [3.8, 4) is 11.5 Å². The van der Waals surface area contributed by atoms with Crippen LogP contribution in [0.1, 0.15) is 24.8 Å². The van der Waals surface area contributed by atoms with Crippen LogP contribution in [0.3, 0.4) is 0 Å². The molecule has 0 aromatic heterocycles. The van der Waals surface area contributed by atoms with Gasteiger partial charge in [-0.1, -0.05) is 34.5 Å². The molecule has 3 rings (SSSR count). The summed E-state index contributed by atoms with van der Waals surface area (Å²) in [5.74, 6) is 1.32. The molecule has 1 N–H and O–H groups in total. The van der Waals surface area contributed by atoms with Gasteiger partial charge in [0.25, 0.3) is 5.91 Å².